The molecule has 0 unspecified atom stereocenters. The summed E-state index contributed by atoms with van der Waals surface area (Å²) in [7, 11) is 0. The third-order valence-electron chi connectivity index (χ3n) is 4.46. The van der Waals surface area contributed by atoms with Crippen LogP contribution in [0.25, 0.3) is 17.4 Å². The van der Waals surface area contributed by atoms with E-state index >= 15 is 0 Å². The molecule has 31 heavy (non-hydrogen) atoms. The van der Waals surface area contributed by atoms with E-state index in [9.17, 15) is 14.7 Å². The van der Waals surface area contributed by atoms with Crippen molar-refractivity contribution in [2.24, 2.45) is 0 Å². The monoisotopic (exact) mass is 468 g/mol. The zero-order valence-electron chi connectivity index (χ0n) is 16.2. The maximum Gasteiger partial charge on any atom is 0.337 e. The van der Waals surface area contributed by atoms with Crippen molar-refractivity contribution in [3.8, 4) is 11.3 Å². The third kappa shape index (κ3) is 4.39. The SMILES string of the molecule is CSc1ccccc1-c1ccc(C=C2SC(=S)N(Nc3ccccc3C(=O)O)C2=O)o1. The molecule has 2 heterocycles. The molecule has 2 N–H and O–H groups in total. The Bertz CT molecular complexity index is 1220. The highest BCUT2D eigenvalue weighted by Gasteiger charge is 2.33. The van der Waals surface area contributed by atoms with Gasteiger partial charge in [0.1, 0.15) is 11.5 Å². The fraction of sp³-hybridized carbons (Fsp3) is 0.0455. The van der Waals surface area contributed by atoms with Gasteiger partial charge in [-0.1, -0.05) is 42.1 Å². The average Bonchev–Trinajstić information content (AvgIpc) is 3.34. The topological polar surface area (TPSA) is 82.8 Å². The zero-order chi connectivity index (χ0) is 22.0. The van der Waals surface area contributed by atoms with Crippen LogP contribution in [0, 0.1) is 0 Å². The average molecular weight is 469 g/mol. The lowest BCUT2D eigenvalue weighted by atomic mass is 10.2. The van der Waals surface area contributed by atoms with Crippen LogP contribution >= 0.6 is 35.7 Å². The van der Waals surface area contributed by atoms with Crippen LogP contribution in [0.15, 0.2) is 74.9 Å². The highest BCUT2D eigenvalue weighted by atomic mass is 32.2. The number of hydrazine groups is 1. The summed E-state index contributed by atoms with van der Waals surface area (Å²) in [5.41, 5.74) is 4.12. The van der Waals surface area contributed by atoms with Crippen LogP contribution in [0.1, 0.15) is 16.1 Å². The molecule has 0 bridgehead atoms. The van der Waals surface area contributed by atoms with Crippen molar-refractivity contribution in [1.29, 1.82) is 0 Å². The number of carboxylic acid groups (broad SMARTS) is 1. The normalized spacial score (nSPS) is 15.0. The van der Waals surface area contributed by atoms with Gasteiger partial charge in [-0.05, 0) is 48.8 Å². The number of thiocarbonyl (C=S) groups is 1. The van der Waals surface area contributed by atoms with E-state index in [0.29, 0.717) is 16.4 Å². The summed E-state index contributed by atoms with van der Waals surface area (Å²) >= 11 is 8.07. The first kappa shape index (κ1) is 21.2. The summed E-state index contributed by atoms with van der Waals surface area (Å²) in [4.78, 5) is 25.8. The van der Waals surface area contributed by atoms with Gasteiger partial charge in [-0.3, -0.25) is 10.2 Å². The molecule has 0 spiro atoms. The third-order valence-corrected chi connectivity index (χ3v) is 6.55. The summed E-state index contributed by atoms with van der Waals surface area (Å²) in [5, 5.41) is 10.5. The summed E-state index contributed by atoms with van der Waals surface area (Å²) in [6.07, 6.45) is 3.64. The smallest absolute Gasteiger partial charge is 0.337 e. The summed E-state index contributed by atoms with van der Waals surface area (Å²) < 4.78 is 6.22. The van der Waals surface area contributed by atoms with E-state index in [2.05, 4.69) is 5.43 Å². The molecule has 1 saturated heterocycles. The first-order chi connectivity index (χ1) is 15.0. The molecule has 4 rings (SSSR count). The van der Waals surface area contributed by atoms with Gasteiger partial charge in [0.15, 0.2) is 4.32 Å². The molecule has 156 valence electrons. The van der Waals surface area contributed by atoms with Crippen molar-refractivity contribution in [1.82, 2.24) is 5.01 Å². The van der Waals surface area contributed by atoms with Gasteiger partial charge in [0.25, 0.3) is 5.91 Å². The van der Waals surface area contributed by atoms with Crippen LogP contribution in [-0.4, -0.2) is 32.6 Å². The van der Waals surface area contributed by atoms with E-state index in [4.69, 9.17) is 16.6 Å². The Morgan fingerprint density at radius 3 is 2.68 bits per heavy atom. The number of benzene rings is 2. The number of carbonyl (C=O) groups excluding carboxylic acids is 1. The summed E-state index contributed by atoms with van der Waals surface area (Å²) in [6, 6.07) is 17.9. The van der Waals surface area contributed by atoms with E-state index in [0.717, 1.165) is 22.2 Å². The van der Waals surface area contributed by atoms with E-state index in [1.807, 2.05) is 36.6 Å². The molecule has 0 radical (unpaired) electrons. The molecule has 0 atom stereocenters. The number of furan rings is 1. The number of nitrogens with one attached hydrogen (secondary N) is 1. The second-order valence-electron chi connectivity index (χ2n) is 6.38. The highest BCUT2D eigenvalue weighted by molar-refractivity contribution is 8.26. The molecule has 2 aromatic carbocycles. The number of para-hydroxylation sites is 1. The number of anilines is 1. The molecule has 1 aliphatic heterocycles. The Morgan fingerprint density at radius 2 is 1.90 bits per heavy atom. The van der Waals surface area contributed by atoms with Crippen LogP contribution in [0.4, 0.5) is 5.69 Å². The first-order valence-electron chi connectivity index (χ1n) is 9.08. The van der Waals surface area contributed by atoms with Crippen molar-refractivity contribution < 1.29 is 19.1 Å². The second-order valence-corrected chi connectivity index (χ2v) is 8.91. The van der Waals surface area contributed by atoms with E-state index < -0.39 is 5.97 Å². The van der Waals surface area contributed by atoms with Gasteiger partial charge in [-0.2, -0.15) is 0 Å². The number of hydrogen-bond donors (Lipinski definition) is 2. The maximum atomic E-state index is 12.9. The maximum absolute atomic E-state index is 12.9. The largest absolute Gasteiger partial charge is 0.478 e. The number of thioether (sulfide) groups is 2. The van der Waals surface area contributed by atoms with Crippen LogP contribution < -0.4 is 5.43 Å². The van der Waals surface area contributed by atoms with Gasteiger partial charge in [-0.25, -0.2) is 9.80 Å². The molecule has 9 heteroatoms. The van der Waals surface area contributed by atoms with E-state index in [-0.39, 0.29) is 21.5 Å². The molecule has 0 saturated carbocycles. The summed E-state index contributed by atoms with van der Waals surface area (Å²) in [5.74, 6) is -0.243. The number of hydrogen-bond acceptors (Lipinski definition) is 7. The fourth-order valence-corrected chi connectivity index (χ4v) is 4.77. The van der Waals surface area contributed by atoms with Gasteiger partial charge in [0, 0.05) is 16.5 Å². The predicted molar refractivity (Wildman–Crippen MR) is 128 cm³/mol. The molecular formula is C22H16N2O4S3. The van der Waals surface area contributed by atoms with Crippen molar-refractivity contribution in [2.45, 2.75) is 4.90 Å². The Kier molecular flexibility index (Phi) is 6.17. The van der Waals surface area contributed by atoms with E-state index in [1.165, 1.54) is 11.1 Å². The highest BCUT2D eigenvalue weighted by Crippen LogP contribution is 2.35. The molecule has 1 fully saturated rings. The molecule has 3 aromatic rings. The minimum absolute atomic E-state index is 0.0451. The van der Waals surface area contributed by atoms with Crippen LogP contribution in [0.5, 0.6) is 0 Å². The second kappa shape index (κ2) is 9.01. The lowest BCUT2D eigenvalue weighted by Crippen LogP contribution is -2.34. The number of rotatable bonds is 6. The lowest BCUT2D eigenvalue weighted by Gasteiger charge is -2.18. The fourth-order valence-electron chi connectivity index (χ4n) is 3.00. The number of aromatic carboxylic acids is 1. The Balaban J connectivity index is 1.57. The van der Waals surface area contributed by atoms with Crippen molar-refractivity contribution in [3.05, 3.63) is 76.9 Å². The quantitative estimate of drug-likeness (QED) is 0.275. The van der Waals surface area contributed by atoms with Crippen molar-refractivity contribution >= 4 is 63.7 Å². The van der Waals surface area contributed by atoms with Gasteiger partial charge in [0.2, 0.25) is 0 Å². The predicted octanol–water partition coefficient (Wildman–Crippen LogP) is 5.60. The molecule has 1 aromatic heterocycles. The summed E-state index contributed by atoms with van der Waals surface area (Å²) in [6.45, 7) is 0. The van der Waals surface area contributed by atoms with Crippen LogP contribution in [0.2, 0.25) is 0 Å². The standard InChI is InChI=1S/C22H16N2O4S3/c1-30-18-9-5-3-7-15(18)17-11-10-13(28-17)12-19-20(25)24(22(29)31-19)23-16-8-4-2-6-14(16)21(26)27/h2-12,23H,1H3,(H,26,27). The lowest BCUT2D eigenvalue weighted by molar-refractivity contribution is -0.121. The Labute approximate surface area is 192 Å². The molecule has 0 aliphatic carbocycles. The molecular weight excluding hydrogens is 452 g/mol. The van der Waals surface area contributed by atoms with Crippen molar-refractivity contribution in [3.63, 3.8) is 0 Å². The Hall–Kier alpha value is -3.01. The molecule has 1 amide bonds. The van der Waals surface area contributed by atoms with Gasteiger partial charge < -0.3 is 9.52 Å². The van der Waals surface area contributed by atoms with Crippen LogP contribution in [0.3, 0.4) is 0 Å². The van der Waals surface area contributed by atoms with Gasteiger partial charge in [-0.15, -0.1) is 11.8 Å². The van der Waals surface area contributed by atoms with Gasteiger partial charge in [0.05, 0.1) is 16.2 Å². The minimum atomic E-state index is -1.10. The molecule has 1 aliphatic rings. The number of carbonyl (C=O) groups is 2. The zero-order valence-corrected chi connectivity index (χ0v) is 18.6. The Morgan fingerprint density at radius 1 is 1.16 bits per heavy atom. The number of nitrogens with zero attached hydrogens (tertiary/aromatic N) is 1. The molecule has 6 nitrogen and oxygen atoms in total. The van der Waals surface area contributed by atoms with E-state index in [1.54, 1.807) is 42.1 Å². The van der Waals surface area contributed by atoms with Crippen LogP contribution in [-0.2, 0) is 4.79 Å². The number of carboxylic acids is 1. The minimum Gasteiger partial charge on any atom is -0.478 e. The van der Waals surface area contributed by atoms with Crippen molar-refractivity contribution in [2.75, 3.05) is 11.7 Å². The van der Waals surface area contributed by atoms with Gasteiger partial charge >= 0.3 is 5.97 Å². The number of amides is 1. The first-order valence-corrected chi connectivity index (χ1v) is 11.5.